The zero-order valence-electron chi connectivity index (χ0n) is 15.4. The molecule has 140 valence electrons. The average Bonchev–Trinajstić information content (AvgIpc) is 3.53. The third-order valence-corrected chi connectivity index (χ3v) is 4.82. The van der Waals surface area contributed by atoms with Gasteiger partial charge in [0.2, 0.25) is 0 Å². The van der Waals surface area contributed by atoms with E-state index >= 15 is 0 Å². The molecule has 0 saturated heterocycles. The van der Waals surface area contributed by atoms with Crippen LogP contribution in [0.2, 0.25) is 0 Å². The highest BCUT2D eigenvalue weighted by molar-refractivity contribution is 5.62. The highest BCUT2D eigenvalue weighted by atomic mass is 19.1. The first-order valence-electron chi connectivity index (χ1n) is 9.29. The maximum Gasteiger partial charge on any atom is 0.260 e. The number of halogens is 1. The van der Waals surface area contributed by atoms with Crippen molar-refractivity contribution in [1.29, 1.82) is 5.26 Å². The van der Waals surface area contributed by atoms with Crippen molar-refractivity contribution in [2.75, 3.05) is 11.9 Å². The fraction of sp³-hybridized carbons (Fsp3) is 0.227. The Morgan fingerprint density at radius 3 is 2.57 bits per heavy atom. The Labute approximate surface area is 162 Å². The largest absolute Gasteiger partial charge is 0.370 e. The van der Waals surface area contributed by atoms with E-state index in [1.807, 2.05) is 37.3 Å². The molecule has 0 radical (unpaired) electrons. The third kappa shape index (κ3) is 3.39. The fourth-order valence-electron chi connectivity index (χ4n) is 3.25. The monoisotopic (exact) mass is 374 g/mol. The predicted octanol–water partition coefficient (Wildman–Crippen LogP) is 4.22. The summed E-state index contributed by atoms with van der Waals surface area (Å²) < 4.78 is 15.7. The van der Waals surface area contributed by atoms with Gasteiger partial charge in [0.05, 0.1) is 11.3 Å². The first-order chi connectivity index (χ1) is 13.6. The Morgan fingerprint density at radius 1 is 1.21 bits per heavy atom. The number of anilines is 1. The molecule has 1 N–H and O–H groups in total. The normalized spacial score (nSPS) is 13.2. The van der Waals surface area contributed by atoms with Gasteiger partial charge >= 0.3 is 0 Å². The quantitative estimate of drug-likeness (QED) is 0.726. The lowest BCUT2D eigenvalue weighted by Crippen LogP contribution is -2.22. The molecule has 1 heterocycles. The molecule has 28 heavy (non-hydrogen) atoms. The summed E-state index contributed by atoms with van der Waals surface area (Å²) in [7, 11) is 0. The molecule has 0 spiro atoms. The summed E-state index contributed by atoms with van der Waals surface area (Å²) in [5.74, 6) is 0.731. The molecule has 0 aliphatic heterocycles. The zero-order chi connectivity index (χ0) is 19.7. The average molecular weight is 374 g/mol. The van der Waals surface area contributed by atoms with Gasteiger partial charge in [-0.05, 0) is 61.6 Å². The van der Waals surface area contributed by atoms with Crippen LogP contribution in [0.1, 0.15) is 36.8 Å². The number of aromatic nitrogens is 2. The minimum absolute atomic E-state index is 0.0470. The van der Waals surface area contributed by atoms with Gasteiger partial charge in [-0.2, -0.15) is 5.26 Å². The van der Waals surface area contributed by atoms with E-state index in [-0.39, 0.29) is 11.1 Å². The number of hydrogen-bond acceptors (Lipinski definition) is 4. The second kappa shape index (κ2) is 7.28. The van der Waals surface area contributed by atoms with Crippen molar-refractivity contribution in [1.82, 2.24) is 9.55 Å². The van der Waals surface area contributed by atoms with E-state index < -0.39 is 5.82 Å². The van der Waals surface area contributed by atoms with E-state index in [9.17, 15) is 9.18 Å². The van der Waals surface area contributed by atoms with Crippen molar-refractivity contribution in [3.63, 3.8) is 0 Å². The molecule has 1 aliphatic rings. The molecule has 1 aliphatic carbocycles. The van der Waals surface area contributed by atoms with Gasteiger partial charge in [0.1, 0.15) is 23.5 Å². The Balaban J connectivity index is 1.88. The number of rotatable bonds is 5. The van der Waals surface area contributed by atoms with Crippen LogP contribution in [0.15, 0.2) is 53.3 Å². The highest BCUT2D eigenvalue weighted by Gasteiger charge is 2.23. The van der Waals surface area contributed by atoms with E-state index in [1.54, 1.807) is 6.07 Å². The van der Waals surface area contributed by atoms with E-state index in [0.717, 1.165) is 0 Å². The number of nitrogens with one attached hydrogen (secondary N) is 1. The molecule has 0 bridgehead atoms. The zero-order valence-corrected chi connectivity index (χ0v) is 15.4. The van der Waals surface area contributed by atoms with Crippen molar-refractivity contribution in [2.24, 2.45) is 0 Å². The topological polar surface area (TPSA) is 70.7 Å². The van der Waals surface area contributed by atoms with E-state index in [1.165, 1.54) is 41.2 Å². The number of nitriles is 1. The van der Waals surface area contributed by atoms with Crippen molar-refractivity contribution < 1.29 is 4.39 Å². The number of nitrogens with zero attached hydrogens (tertiary/aromatic N) is 3. The van der Waals surface area contributed by atoms with Crippen molar-refractivity contribution in [2.45, 2.75) is 25.7 Å². The lowest BCUT2D eigenvalue weighted by molar-refractivity contribution is 0.624. The Kier molecular flexibility index (Phi) is 4.66. The second-order valence-corrected chi connectivity index (χ2v) is 6.84. The molecular weight excluding hydrogens is 355 g/mol. The van der Waals surface area contributed by atoms with E-state index in [4.69, 9.17) is 5.26 Å². The van der Waals surface area contributed by atoms with Crippen molar-refractivity contribution in [3.05, 3.63) is 75.8 Å². The predicted molar refractivity (Wildman–Crippen MR) is 106 cm³/mol. The lowest BCUT2D eigenvalue weighted by atomic mass is 10.1. The molecule has 3 aromatic rings. The van der Waals surface area contributed by atoms with Crippen LogP contribution < -0.4 is 10.9 Å². The smallest absolute Gasteiger partial charge is 0.260 e. The van der Waals surface area contributed by atoms with Crippen LogP contribution in [-0.4, -0.2) is 16.1 Å². The van der Waals surface area contributed by atoms with Crippen LogP contribution in [0.25, 0.3) is 17.1 Å². The fourth-order valence-corrected chi connectivity index (χ4v) is 3.25. The molecule has 0 amide bonds. The molecule has 0 unspecified atom stereocenters. The molecule has 1 fully saturated rings. The number of hydrogen-bond donors (Lipinski definition) is 1. The number of benzene rings is 2. The van der Waals surface area contributed by atoms with Gasteiger partial charge in [-0.1, -0.05) is 12.1 Å². The Bertz CT molecular complexity index is 1120. The van der Waals surface area contributed by atoms with Crippen LogP contribution in [0, 0.1) is 17.1 Å². The second-order valence-electron chi connectivity index (χ2n) is 6.84. The molecule has 0 atom stereocenters. The van der Waals surface area contributed by atoms with Crippen molar-refractivity contribution in [3.8, 4) is 23.1 Å². The SMILES string of the molecule is CCNc1cc(=O)n(-c2ccc(C3CC3)cc2)c(-c2ccc(C#N)c(F)c2)n1. The summed E-state index contributed by atoms with van der Waals surface area (Å²) >= 11 is 0. The summed E-state index contributed by atoms with van der Waals surface area (Å²) in [6.07, 6.45) is 2.40. The molecule has 5 nitrogen and oxygen atoms in total. The first kappa shape index (κ1) is 17.9. The minimum atomic E-state index is -0.640. The highest BCUT2D eigenvalue weighted by Crippen LogP contribution is 2.40. The Morgan fingerprint density at radius 2 is 1.96 bits per heavy atom. The third-order valence-electron chi connectivity index (χ3n) is 4.82. The molecule has 6 heteroatoms. The van der Waals surface area contributed by atoms with Crippen LogP contribution in [0.4, 0.5) is 10.2 Å². The van der Waals surface area contributed by atoms with Crippen LogP contribution in [0.5, 0.6) is 0 Å². The van der Waals surface area contributed by atoms with E-state index in [2.05, 4.69) is 10.3 Å². The summed E-state index contributed by atoms with van der Waals surface area (Å²) in [4.78, 5) is 17.4. The Hall–Kier alpha value is -3.46. The van der Waals surface area contributed by atoms with Crippen LogP contribution in [0.3, 0.4) is 0 Å². The van der Waals surface area contributed by atoms with Gasteiger partial charge in [0.15, 0.2) is 0 Å². The van der Waals surface area contributed by atoms with Gasteiger partial charge in [-0.25, -0.2) is 9.37 Å². The van der Waals surface area contributed by atoms with Crippen LogP contribution in [-0.2, 0) is 0 Å². The first-order valence-corrected chi connectivity index (χ1v) is 9.29. The van der Waals surface area contributed by atoms with Gasteiger partial charge in [0, 0.05) is 18.2 Å². The standard InChI is InChI=1S/C22H19FN4O/c1-2-25-20-12-21(28)27(18-9-7-15(8-10-18)14-3-4-14)22(26-20)16-5-6-17(13-24)19(23)11-16/h5-12,14,25H,2-4H2,1H3. The summed E-state index contributed by atoms with van der Waals surface area (Å²) in [6.45, 7) is 2.51. The van der Waals surface area contributed by atoms with Gasteiger partial charge < -0.3 is 5.32 Å². The molecule has 1 aromatic heterocycles. The maximum atomic E-state index is 14.2. The van der Waals surface area contributed by atoms with E-state index in [0.29, 0.717) is 35.4 Å². The summed E-state index contributed by atoms with van der Waals surface area (Å²) in [6, 6.07) is 15.3. The van der Waals surface area contributed by atoms with Crippen molar-refractivity contribution >= 4 is 5.82 Å². The van der Waals surface area contributed by atoms with Gasteiger partial charge in [0.25, 0.3) is 5.56 Å². The molecule has 4 rings (SSSR count). The molecular formula is C22H19FN4O. The molecule has 2 aromatic carbocycles. The molecule has 1 saturated carbocycles. The minimum Gasteiger partial charge on any atom is -0.370 e. The lowest BCUT2D eigenvalue weighted by Gasteiger charge is -2.15. The summed E-state index contributed by atoms with van der Waals surface area (Å²) in [5.41, 5.74) is 2.06. The maximum absolute atomic E-state index is 14.2. The van der Waals surface area contributed by atoms with Gasteiger partial charge in [-0.15, -0.1) is 0 Å². The van der Waals surface area contributed by atoms with Crippen LogP contribution >= 0.6 is 0 Å². The summed E-state index contributed by atoms with van der Waals surface area (Å²) in [5, 5.41) is 12.0. The van der Waals surface area contributed by atoms with Gasteiger partial charge in [-0.3, -0.25) is 9.36 Å².